The molecule has 130 valence electrons. The van der Waals surface area contributed by atoms with Crippen LogP contribution in [0.25, 0.3) is 0 Å². The van der Waals surface area contributed by atoms with Crippen molar-refractivity contribution < 1.29 is 5.11 Å². The van der Waals surface area contributed by atoms with E-state index in [2.05, 4.69) is 64.2 Å². The van der Waals surface area contributed by atoms with Crippen LogP contribution in [0.4, 0.5) is 0 Å². The molecule has 0 aromatic heterocycles. The number of rotatable bonds is 6. The molecular formula is C22H36O. The molecular weight excluding hydrogens is 280 g/mol. The van der Waals surface area contributed by atoms with Crippen LogP contribution in [-0.4, -0.2) is 10.7 Å². The Morgan fingerprint density at radius 1 is 0.957 bits per heavy atom. The average molecular weight is 317 g/mol. The first-order valence-corrected chi connectivity index (χ1v) is 9.84. The van der Waals surface area contributed by atoms with E-state index in [0.29, 0.717) is 17.8 Å². The van der Waals surface area contributed by atoms with E-state index in [9.17, 15) is 5.11 Å². The molecule has 1 nitrogen and oxygen atoms in total. The van der Waals surface area contributed by atoms with Crippen molar-refractivity contribution in [2.24, 2.45) is 29.6 Å². The molecule has 2 aliphatic carbocycles. The van der Waals surface area contributed by atoms with Gasteiger partial charge >= 0.3 is 0 Å². The van der Waals surface area contributed by atoms with Gasteiger partial charge in [-0.2, -0.15) is 0 Å². The normalized spacial score (nSPS) is 40.8. The molecule has 6 unspecified atom stereocenters. The summed E-state index contributed by atoms with van der Waals surface area (Å²) < 4.78 is 0. The Morgan fingerprint density at radius 2 is 1.65 bits per heavy atom. The summed E-state index contributed by atoms with van der Waals surface area (Å²) in [5.41, 5.74) is -0.649. The minimum Gasteiger partial charge on any atom is -0.385 e. The maximum absolute atomic E-state index is 11.1. The lowest BCUT2D eigenvalue weighted by molar-refractivity contribution is 0.0110. The van der Waals surface area contributed by atoms with Crippen LogP contribution < -0.4 is 0 Å². The maximum atomic E-state index is 11.1. The van der Waals surface area contributed by atoms with Crippen molar-refractivity contribution in [1.82, 2.24) is 0 Å². The van der Waals surface area contributed by atoms with Gasteiger partial charge in [-0.15, -0.1) is 0 Å². The van der Waals surface area contributed by atoms with E-state index >= 15 is 0 Å². The molecule has 0 saturated carbocycles. The molecule has 0 radical (unpaired) electrons. The summed E-state index contributed by atoms with van der Waals surface area (Å²) in [6.45, 7) is 8.98. The van der Waals surface area contributed by atoms with E-state index in [0.717, 1.165) is 25.2 Å². The summed E-state index contributed by atoms with van der Waals surface area (Å²) in [5, 5.41) is 11.1. The highest BCUT2D eigenvalue weighted by Crippen LogP contribution is 2.41. The van der Waals surface area contributed by atoms with Crippen molar-refractivity contribution in [2.45, 2.75) is 71.8 Å². The van der Waals surface area contributed by atoms with Crippen molar-refractivity contribution in [3.63, 3.8) is 0 Å². The van der Waals surface area contributed by atoms with Crippen LogP contribution in [-0.2, 0) is 0 Å². The number of hydrogen-bond donors (Lipinski definition) is 1. The third-order valence-electron chi connectivity index (χ3n) is 6.42. The minimum absolute atomic E-state index is 0.267. The first kappa shape index (κ1) is 18.5. The third-order valence-corrected chi connectivity index (χ3v) is 6.42. The van der Waals surface area contributed by atoms with Crippen LogP contribution in [0.5, 0.6) is 0 Å². The molecule has 0 bridgehead atoms. The van der Waals surface area contributed by atoms with Crippen molar-refractivity contribution >= 4 is 0 Å². The summed E-state index contributed by atoms with van der Waals surface area (Å²) in [5.74, 6) is 2.90. The zero-order valence-corrected chi connectivity index (χ0v) is 15.5. The van der Waals surface area contributed by atoms with Crippen molar-refractivity contribution in [3.05, 3.63) is 36.5 Å². The fourth-order valence-electron chi connectivity index (χ4n) is 4.67. The number of aliphatic hydroxyl groups is 1. The third kappa shape index (κ3) is 3.99. The van der Waals surface area contributed by atoms with Crippen molar-refractivity contribution in [3.8, 4) is 0 Å². The van der Waals surface area contributed by atoms with Gasteiger partial charge in [0.1, 0.15) is 0 Å². The maximum Gasteiger partial charge on any atom is 0.0890 e. The van der Waals surface area contributed by atoms with Crippen molar-refractivity contribution in [1.29, 1.82) is 0 Å². The molecule has 0 fully saturated rings. The van der Waals surface area contributed by atoms with Gasteiger partial charge in [-0.3, -0.25) is 0 Å². The summed E-state index contributed by atoms with van der Waals surface area (Å²) in [7, 11) is 0. The molecule has 2 rings (SSSR count). The number of allylic oxidation sites excluding steroid dienone is 4. The second-order valence-electron chi connectivity index (χ2n) is 7.54. The van der Waals surface area contributed by atoms with Crippen LogP contribution >= 0.6 is 0 Å². The topological polar surface area (TPSA) is 20.2 Å². The fourth-order valence-corrected chi connectivity index (χ4v) is 4.67. The summed E-state index contributed by atoms with van der Waals surface area (Å²) in [6, 6.07) is 0. The fraction of sp³-hybridized carbons (Fsp3) is 0.727. The predicted molar refractivity (Wildman–Crippen MR) is 100 cm³/mol. The van der Waals surface area contributed by atoms with Crippen LogP contribution in [0, 0.1) is 29.6 Å². The van der Waals surface area contributed by atoms with Gasteiger partial charge in [-0.25, -0.2) is 0 Å². The quantitative estimate of drug-likeness (QED) is 0.603. The highest BCUT2D eigenvalue weighted by atomic mass is 16.3. The van der Waals surface area contributed by atoms with E-state index in [4.69, 9.17) is 0 Å². The van der Waals surface area contributed by atoms with Gasteiger partial charge in [0, 0.05) is 5.92 Å². The SMILES string of the molecule is CCC1C=CCC(CC)C1/C=C/C1C(CC)CC=CC1(O)CC. The Hall–Kier alpha value is -0.820. The Bertz CT molecular complexity index is 447. The lowest BCUT2D eigenvalue weighted by Gasteiger charge is -2.40. The summed E-state index contributed by atoms with van der Waals surface area (Å²) in [4.78, 5) is 0. The summed E-state index contributed by atoms with van der Waals surface area (Å²) >= 11 is 0. The van der Waals surface area contributed by atoms with Gasteiger partial charge in [0.2, 0.25) is 0 Å². The van der Waals surface area contributed by atoms with Crippen LogP contribution in [0.15, 0.2) is 36.5 Å². The second-order valence-corrected chi connectivity index (χ2v) is 7.54. The first-order valence-electron chi connectivity index (χ1n) is 9.84. The Kier molecular flexibility index (Phi) is 6.71. The zero-order chi connectivity index (χ0) is 16.9. The van der Waals surface area contributed by atoms with Gasteiger partial charge in [-0.05, 0) is 49.4 Å². The smallest absolute Gasteiger partial charge is 0.0890 e. The average Bonchev–Trinajstić information content (AvgIpc) is 2.60. The van der Waals surface area contributed by atoms with E-state index in [1.54, 1.807) is 0 Å². The molecule has 23 heavy (non-hydrogen) atoms. The molecule has 0 spiro atoms. The largest absolute Gasteiger partial charge is 0.385 e. The standard InChI is InChI=1S/C22H36O/c1-5-17-11-9-12-18(6-2)20(17)14-15-21-19(7-3)13-10-16-22(21,23)8-4/h9-11,14-21,23H,5-8,12-13H2,1-4H3/b15-14+. The molecule has 0 aliphatic heterocycles. The lowest BCUT2D eigenvalue weighted by atomic mass is 9.68. The van der Waals surface area contributed by atoms with E-state index in [-0.39, 0.29) is 5.92 Å². The molecule has 2 aliphatic rings. The minimum atomic E-state index is -0.649. The molecule has 0 heterocycles. The molecule has 0 saturated heterocycles. The van der Waals surface area contributed by atoms with Gasteiger partial charge in [0.05, 0.1) is 5.60 Å². The Balaban J connectivity index is 2.23. The molecule has 6 atom stereocenters. The highest BCUT2D eigenvalue weighted by molar-refractivity contribution is 5.18. The van der Waals surface area contributed by atoms with E-state index in [1.807, 2.05) is 0 Å². The molecule has 0 amide bonds. The molecule has 0 aromatic rings. The van der Waals surface area contributed by atoms with E-state index < -0.39 is 5.60 Å². The predicted octanol–water partition coefficient (Wildman–Crippen LogP) is 5.91. The van der Waals surface area contributed by atoms with Crippen LogP contribution in [0.1, 0.15) is 66.2 Å². The molecule has 1 N–H and O–H groups in total. The van der Waals surface area contributed by atoms with Gasteiger partial charge in [0.25, 0.3) is 0 Å². The van der Waals surface area contributed by atoms with Gasteiger partial charge in [-0.1, -0.05) is 77.0 Å². The molecule has 0 aromatic carbocycles. The monoisotopic (exact) mass is 316 g/mol. The van der Waals surface area contributed by atoms with Crippen LogP contribution in [0.2, 0.25) is 0 Å². The number of hydrogen-bond acceptors (Lipinski definition) is 1. The Morgan fingerprint density at radius 3 is 2.26 bits per heavy atom. The van der Waals surface area contributed by atoms with Gasteiger partial charge < -0.3 is 5.11 Å². The van der Waals surface area contributed by atoms with Gasteiger partial charge in [0.15, 0.2) is 0 Å². The molecule has 1 heteroatoms. The van der Waals surface area contributed by atoms with Crippen molar-refractivity contribution in [2.75, 3.05) is 0 Å². The summed E-state index contributed by atoms with van der Waals surface area (Å²) in [6.07, 6.45) is 20.6. The van der Waals surface area contributed by atoms with Crippen LogP contribution in [0.3, 0.4) is 0 Å². The lowest BCUT2D eigenvalue weighted by Crippen LogP contribution is -2.41. The van der Waals surface area contributed by atoms with E-state index in [1.165, 1.54) is 19.3 Å². The first-order chi connectivity index (χ1) is 11.1. The second kappa shape index (κ2) is 8.33. The zero-order valence-electron chi connectivity index (χ0n) is 15.5. The Labute approximate surface area is 143 Å². The highest BCUT2D eigenvalue weighted by Gasteiger charge is 2.38.